The number of thiophene rings is 1. The van der Waals surface area contributed by atoms with Gasteiger partial charge >= 0.3 is 0 Å². The van der Waals surface area contributed by atoms with Crippen LogP contribution >= 0.6 is 34.5 Å². The van der Waals surface area contributed by atoms with Gasteiger partial charge in [0.05, 0.1) is 38.1 Å². The molecular formula is C11H5Cl2N4S. The number of aromatic amines is 1. The molecule has 3 heterocycles. The van der Waals surface area contributed by atoms with Crippen molar-refractivity contribution in [3.8, 4) is 21.8 Å². The first-order chi connectivity index (χ1) is 8.75. The van der Waals surface area contributed by atoms with E-state index in [1.165, 1.54) is 11.3 Å². The predicted octanol–water partition coefficient (Wildman–Crippen LogP) is 3.70. The van der Waals surface area contributed by atoms with E-state index in [1.807, 2.05) is 0 Å². The molecule has 1 N–H and O–H groups in total. The van der Waals surface area contributed by atoms with Crippen LogP contribution in [-0.2, 0) is 0 Å². The zero-order valence-corrected chi connectivity index (χ0v) is 11.1. The standard InChI is InChI=1S/C11H5Cl2N4S/c12-7-1-9(13)18-11(7)10-6(2-14-5-17-10)8-3-15-4-16-8/h1-4H,(H,15,16). The van der Waals surface area contributed by atoms with Crippen molar-refractivity contribution in [2.75, 3.05) is 0 Å². The topological polar surface area (TPSA) is 54.5 Å². The Morgan fingerprint density at radius 1 is 1.28 bits per heavy atom. The predicted molar refractivity (Wildman–Crippen MR) is 71.8 cm³/mol. The number of hydrogen-bond acceptors (Lipinski definition) is 4. The van der Waals surface area contributed by atoms with Crippen LogP contribution in [0, 0.1) is 6.33 Å². The van der Waals surface area contributed by atoms with Gasteiger partial charge in [-0.1, -0.05) is 23.2 Å². The molecule has 0 bridgehead atoms. The van der Waals surface area contributed by atoms with Crippen molar-refractivity contribution < 1.29 is 0 Å². The number of H-pyrrole nitrogens is 1. The largest absolute Gasteiger partial charge is 0.345 e. The Bertz CT molecular complexity index is 678. The molecule has 0 aromatic carbocycles. The second-order valence-corrected chi connectivity index (χ2v) is 5.52. The number of imidazole rings is 1. The van der Waals surface area contributed by atoms with Crippen LogP contribution in [0.2, 0.25) is 9.36 Å². The summed E-state index contributed by atoms with van der Waals surface area (Å²) in [5.74, 6) is 0. The Morgan fingerprint density at radius 2 is 2.17 bits per heavy atom. The van der Waals surface area contributed by atoms with Crippen LogP contribution in [-0.4, -0.2) is 19.9 Å². The van der Waals surface area contributed by atoms with Crippen molar-refractivity contribution in [2.45, 2.75) is 0 Å². The fraction of sp³-hybridized carbons (Fsp3) is 0. The molecule has 0 saturated heterocycles. The summed E-state index contributed by atoms with van der Waals surface area (Å²) in [5, 5.41) is 0.567. The average molecular weight is 296 g/mol. The van der Waals surface area contributed by atoms with E-state index in [9.17, 15) is 0 Å². The molecular weight excluding hydrogens is 291 g/mol. The maximum Gasteiger partial charge on any atom is 0.198 e. The first-order valence-corrected chi connectivity index (χ1v) is 6.50. The summed E-state index contributed by atoms with van der Waals surface area (Å²) in [4.78, 5) is 15.9. The zero-order chi connectivity index (χ0) is 12.5. The normalized spacial score (nSPS) is 10.8. The molecule has 89 valence electrons. The van der Waals surface area contributed by atoms with Gasteiger partial charge in [0.2, 0.25) is 0 Å². The third-order valence-corrected chi connectivity index (χ3v) is 4.01. The van der Waals surface area contributed by atoms with Gasteiger partial charge < -0.3 is 4.98 Å². The summed E-state index contributed by atoms with van der Waals surface area (Å²) in [5.41, 5.74) is 2.32. The molecule has 1 radical (unpaired) electrons. The van der Waals surface area contributed by atoms with Gasteiger partial charge in [0.15, 0.2) is 6.33 Å². The minimum absolute atomic E-state index is 0.567. The van der Waals surface area contributed by atoms with Crippen molar-refractivity contribution in [2.24, 2.45) is 0 Å². The van der Waals surface area contributed by atoms with Crippen molar-refractivity contribution in [3.63, 3.8) is 0 Å². The number of halogens is 2. The molecule has 0 aliphatic carbocycles. The maximum atomic E-state index is 6.14. The fourth-order valence-electron chi connectivity index (χ4n) is 1.57. The lowest BCUT2D eigenvalue weighted by atomic mass is 10.1. The van der Waals surface area contributed by atoms with Gasteiger partial charge in [0, 0.05) is 11.8 Å². The molecule has 18 heavy (non-hydrogen) atoms. The van der Waals surface area contributed by atoms with Crippen LogP contribution in [0.1, 0.15) is 0 Å². The average Bonchev–Trinajstić information content (AvgIpc) is 2.99. The highest BCUT2D eigenvalue weighted by Crippen LogP contribution is 2.40. The van der Waals surface area contributed by atoms with E-state index >= 15 is 0 Å². The van der Waals surface area contributed by atoms with Gasteiger partial charge in [-0.05, 0) is 6.07 Å². The Morgan fingerprint density at radius 3 is 2.83 bits per heavy atom. The highest BCUT2D eigenvalue weighted by Gasteiger charge is 2.16. The van der Waals surface area contributed by atoms with E-state index in [2.05, 4.69) is 26.3 Å². The van der Waals surface area contributed by atoms with Crippen LogP contribution in [0.4, 0.5) is 0 Å². The summed E-state index contributed by atoms with van der Waals surface area (Å²) < 4.78 is 0.615. The molecule has 0 fully saturated rings. The Kier molecular flexibility index (Phi) is 3.03. The summed E-state index contributed by atoms with van der Waals surface area (Å²) in [6.45, 7) is 0. The molecule has 0 aliphatic rings. The second-order valence-electron chi connectivity index (χ2n) is 3.43. The monoisotopic (exact) mass is 295 g/mol. The van der Waals surface area contributed by atoms with Crippen molar-refractivity contribution in [1.82, 2.24) is 19.9 Å². The molecule has 0 saturated carbocycles. The van der Waals surface area contributed by atoms with Crippen LogP contribution in [0.25, 0.3) is 21.8 Å². The first-order valence-electron chi connectivity index (χ1n) is 4.93. The Hall–Kier alpha value is -1.43. The van der Waals surface area contributed by atoms with Gasteiger partial charge in [0.25, 0.3) is 0 Å². The number of rotatable bonds is 2. The molecule has 0 unspecified atom stereocenters. The SMILES string of the molecule is Clc1cc(Cl)c(-c2n[c]ncc2-c2cnc[nH]2)s1. The van der Waals surface area contributed by atoms with Crippen LogP contribution < -0.4 is 0 Å². The van der Waals surface area contributed by atoms with E-state index in [0.717, 1.165) is 16.1 Å². The van der Waals surface area contributed by atoms with Gasteiger partial charge in [-0.25, -0.2) is 15.0 Å². The minimum Gasteiger partial charge on any atom is -0.345 e. The van der Waals surface area contributed by atoms with Crippen LogP contribution in [0.5, 0.6) is 0 Å². The molecule has 7 heteroatoms. The summed E-state index contributed by atoms with van der Waals surface area (Å²) in [7, 11) is 0. The van der Waals surface area contributed by atoms with Crippen LogP contribution in [0.15, 0.2) is 24.8 Å². The maximum absolute atomic E-state index is 6.14. The molecule has 0 amide bonds. The van der Waals surface area contributed by atoms with Crippen molar-refractivity contribution in [1.29, 1.82) is 0 Å². The van der Waals surface area contributed by atoms with E-state index < -0.39 is 0 Å². The molecule has 3 rings (SSSR count). The van der Waals surface area contributed by atoms with Crippen molar-refractivity contribution in [3.05, 3.63) is 40.5 Å². The summed E-state index contributed by atoms with van der Waals surface area (Å²) in [6, 6.07) is 1.70. The van der Waals surface area contributed by atoms with Crippen molar-refractivity contribution >= 4 is 34.5 Å². The molecule has 0 aliphatic heterocycles. The number of nitrogens with one attached hydrogen (secondary N) is 1. The molecule has 0 atom stereocenters. The minimum atomic E-state index is 0.567. The van der Waals surface area contributed by atoms with E-state index in [-0.39, 0.29) is 0 Å². The lowest BCUT2D eigenvalue weighted by Gasteiger charge is -2.03. The molecule has 3 aromatic heterocycles. The van der Waals surface area contributed by atoms with Gasteiger partial charge in [0.1, 0.15) is 0 Å². The van der Waals surface area contributed by atoms with Gasteiger partial charge in [-0.3, -0.25) is 0 Å². The lowest BCUT2D eigenvalue weighted by molar-refractivity contribution is 1.15. The van der Waals surface area contributed by atoms with Crippen LogP contribution in [0.3, 0.4) is 0 Å². The summed E-state index contributed by atoms with van der Waals surface area (Å²) >= 11 is 13.5. The third kappa shape index (κ3) is 2.01. The Balaban J connectivity index is 2.21. The van der Waals surface area contributed by atoms with Gasteiger partial charge in [-0.15, -0.1) is 11.3 Å². The third-order valence-electron chi connectivity index (χ3n) is 2.33. The molecule has 4 nitrogen and oxygen atoms in total. The highest BCUT2D eigenvalue weighted by molar-refractivity contribution is 7.20. The molecule has 0 spiro atoms. The quantitative estimate of drug-likeness (QED) is 0.784. The second kappa shape index (κ2) is 4.68. The lowest BCUT2D eigenvalue weighted by Crippen LogP contribution is -1.90. The molecule has 3 aromatic rings. The van der Waals surface area contributed by atoms with E-state index in [0.29, 0.717) is 15.1 Å². The van der Waals surface area contributed by atoms with Gasteiger partial charge in [-0.2, -0.15) is 0 Å². The van der Waals surface area contributed by atoms with E-state index in [1.54, 1.807) is 24.8 Å². The zero-order valence-electron chi connectivity index (χ0n) is 8.82. The number of hydrogen-bond donors (Lipinski definition) is 1. The highest BCUT2D eigenvalue weighted by atomic mass is 35.5. The Labute approximate surface area is 117 Å². The smallest absolute Gasteiger partial charge is 0.198 e. The summed E-state index contributed by atoms with van der Waals surface area (Å²) in [6.07, 6.45) is 7.53. The number of nitrogens with zero attached hydrogens (tertiary/aromatic N) is 3. The fourth-order valence-corrected chi connectivity index (χ4v) is 3.13. The number of aromatic nitrogens is 4. The van der Waals surface area contributed by atoms with E-state index in [4.69, 9.17) is 23.2 Å². The first kappa shape index (κ1) is 11.6.